The van der Waals surface area contributed by atoms with E-state index >= 15 is 0 Å². The summed E-state index contributed by atoms with van der Waals surface area (Å²) in [5.41, 5.74) is 7.38. The van der Waals surface area contributed by atoms with Crippen molar-refractivity contribution in [2.75, 3.05) is 17.2 Å². The van der Waals surface area contributed by atoms with E-state index < -0.39 is 15.9 Å². The molecular weight excluding hydrogens is 469 g/mol. The number of amides is 1. The Labute approximate surface area is 204 Å². The maximum atomic E-state index is 13.7. The van der Waals surface area contributed by atoms with E-state index in [1.54, 1.807) is 25.1 Å². The lowest BCUT2D eigenvalue weighted by Gasteiger charge is -2.36. The largest absolute Gasteiger partial charge is 0.384 e. The van der Waals surface area contributed by atoms with Gasteiger partial charge in [-0.3, -0.25) is 4.79 Å². The van der Waals surface area contributed by atoms with Crippen LogP contribution in [0.3, 0.4) is 0 Å². The van der Waals surface area contributed by atoms with E-state index in [9.17, 15) is 17.6 Å². The number of nitrogen functional groups attached to an aromatic ring is 1. The Morgan fingerprint density at radius 2 is 1.91 bits per heavy atom. The Balaban J connectivity index is 1.79. The smallest absolute Gasteiger partial charge is 0.281 e. The van der Waals surface area contributed by atoms with Crippen LogP contribution < -0.4 is 15.4 Å². The standard InChI is InChI=1S/C25H28FN5O3S/c1-15-14-17(26)8-9-18(15)20-11-10-19(23(28-20)31-13-12-16(2)25(31,3)4)24(32)30-35(33,34)22-7-5-6-21(27)29-22/h5-11,14,16H,12-13H2,1-4H3,(H2,27,29)(H,30,32). The number of nitrogens with zero attached hydrogens (tertiary/aromatic N) is 3. The minimum absolute atomic E-state index is 0.0227. The number of carbonyl (C=O) groups is 1. The molecule has 8 nitrogen and oxygen atoms in total. The molecule has 3 aromatic rings. The summed E-state index contributed by atoms with van der Waals surface area (Å²) in [7, 11) is -4.26. The minimum atomic E-state index is -4.26. The monoisotopic (exact) mass is 497 g/mol. The maximum absolute atomic E-state index is 13.7. The molecule has 0 bridgehead atoms. The predicted molar refractivity (Wildman–Crippen MR) is 133 cm³/mol. The van der Waals surface area contributed by atoms with Crippen LogP contribution in [0.2, 0.25) is 0 Å². The lowest BCUT2D eigenvalue weighted by Crippen LogP contribution is -2.43. The molecule has 3 N–H and O–H groups in total. The summed E-state index contributed by atoms with van der Waals surface area (Å²) < 4.78 is 41.4. The van der Waals surface area contributed by atoms with Crippen molar-refractivity contribution < 1.29 is 17.6 Å². The van der Waals surface area contributed by atoms with Crippen LogP contribution >= 0.6 is 0 Å². The van der Waals surface area contributed by atoms with Crippen LogP contribution in [0.25, 0.3) is 11.3 Å². The van der Waals surface area contributed by atoms with Gasteiger partial charge >= 0.3 is 0 Å². The quantitative estimate of drug-likeness (QED) is 0.548. The molecule has 10 heteroatoms. The number of hydrogen-bond donors (Lipinski definition) is 2. The molecule has 1 atom stereocenters. The van der Waals surface area contributed by atoms with E-state index in [-0.39, 0.29) is 27.8 Å². The number of aromatic nitrogens is 2. The molecule has 1 unspecified atom stereocenters. The van der Waals surface area contributed by atoms with Gasteiger partial charge in [0.15, 0.2) is 5.03 Å². The summed E-state index contributed by atoms with van der Waals surface area (Å²) in [4.78, 5) is 23.9. The first-order chi connectivity index (χ1) is 16.4. The van der Waals surface area contributed by atoms with Crippen LogP contribution in [0.5, 0.6) is 0 Å². The fraction of sp³-hybridized carbons (Fsp3) is 0.320. The van der Waals surface area contributed by atoms with Gasteiger partial charge in [0.05, 0.1) is 11.3 Å². The van der Waals surface area contributed by atoms with Crippen molar-refractivity contribution in [3.8, 4) is 11.3 Å². The van der Waals surface area contributed by atoms with Gasteiger partial charge < -0.3 is 10.6 Å². The van der Waals surface area contributed by atoms with Crippen LogP contribution in [-0.4, -0.2) is 36.4 Å². The first-order valence-corrected chi connectivity index (χ1v) is 12.7. The number of benzene rings is 1. The Kier molecular flexibility index (Phi) is 6.27. The molecule has 0 radical (unpaired) electrons. The Hall–Kier alpha value is -3.53. The molecule has 1 saturated heterocycles. The third kappa shape index (κ3) is 4.70. The molecule has 35 heavy (non-hydrogen) atoms. The molecular formula is C25H28FN5O3S. The number of pyridine rings is 2. The number of nitrogens with one attached hydrogen (secondary N) is 1. The molecule has 0 spiro atoms. The van der Waals surface area contributed by atoms with E-state index in [2.05, 4.69) is 30.5 Å². The highest BCUT2D eigenvalue weighted by atomic mass is 32.2. The summed E-state index contributed by atoms with van der Waals surface area (Å²) in [5.74, 6) is -0.466. The van der Waals surface area contributed by atoms with Crippen LogP contribution in [0, 0.1) is 18.7 Å². The second-order valence-electron chi connectivity index (χ2n) is 9.36. The molecule has 1 amide bonds. The van der Waals surface area contributed by atoms with Gasteiger partial charge in [-0.1, -0.05) is 13.0 Å². The number of aryl methyl sites for hydroxylation is 1. The fourth-order valence-electron chi connectivity index (χ4n) is 4.31. The average Bonchev–Trinajstić information content (AvgIpc) is 3.05. The number of halogens is 1. The summed E-state index contributed by atoms with van der Waals surface area (Å²) in [6, 6.07) is 11.8. The summed E-state index contributed by atoms with van der Waals surface area (Å²) >= 11 is 0. The lowest BCUT2D eigenvalue weighted by atomic mass is 9.90. The molecule has 1 aliphatic rings. The number of hydrogen-bond acceptors (Lipinski definition) is 7. The van der Waals surface area contributed by atoms with Crippen LogP contribution in [0.15, 0.2) is 53.6 Å². The molecule has 184 valence electrons. The molecule has 0 aliphatic carbocycles. The third-order valence-electron chi connectivity index (χ3n) is 6.77. The molecule has 2 aromatic heterocycles. The third-order valence-corrected chi connectivity index (χ3v) is 8.01. The van der Waals surface area contributed by atoms with Crippen LogP contribution in [0.4, 0.5) is 16.0 Å². The van der Waals surface area contributed by atoms with E-state index in [0.717, 1.165) is 12.0 Å². The second-order valence-corrected chi connectivity index (χ2v) is 11.0. The van der Waals surface area contributed by atoms with Gasteiger partial charge in [-0.2, -0.15) is 8.42 Å². The Morgan fingerprint density at radius 1 is 1.17 bits per heavy atom. The topological polar surface area (TPSA) is 118 Å². The zero-order valence-corrected chi connectivity index (χ0v) is 20.9. The van der Waals surface area contributed by atoms with Crippen molar-refractivity contribution in [3.63, 3.8) is 0 Å². The number of sulfonamides is 1. The molecule has 4 rings (SSSR count). The van der Waals surface area contributed by atoms with Crippen molar-refractivity contribution in [1.29, 1.82) is 0 Å². The van der Waals surface area contributed by atoms with Gasteiger partial charge in [-0.15, -0.1) is 0 Å². The van der Waals surface area contributed by atoms with Crippen LogP contribution in [0.1, 0.15) is 43.1 Å². The van der Waals surface area contributed by atoms with Gasteiger partial charge in [0.25, 0.3) is 15.9 Å². The zero-order valence-electron chi connectivity index (χ0n) is 20.0. The van der Waals surface area contributed by atoms with E-state index in [4.69, 9.17) is 10.7 Å². The van der Waals surface area contributed by atoms with E-state index in [0.29, 0.717) is 29.5 Å². The zero-order chi connectivity index (χ0) is 25.5. The predicted octanol–water partition coefficient (Wildman–Crippen LogP) is 3.92. The first-order valence-electron chi connectivity index (χ1n) is 11.2. The minimum Gasteiger partial charge on any atom is -0.384 e. The van der Waals surface area contributed by atoms with Crippen molar-refractivity contribution in [2.45, 2.75) is 44.7 Å². The SMILES string of the molecule is Cc1cc(F)ccc1-c1ccc(C(=O)NS(=O)(=O)c2cccc(N)n2)c(N2CCC(C)C2(C)C)n1. The summed E-state index contributed by atoms with van der Waals surface area (Å²) in [6.07, 6.45) is 0.890. The molecule has 0 saturated carbocycles. The van der Waals surface area contributed by atoms with Crippen molar-refractivity contribution in [2.24, 2.45) is 5.92 Å². The highest BCUT2D eigenvalue weighted by Crippen LogP contribution is 2.39. The van der Waals surface area contributed by atoms with Crippen LogP contribution in [-0.2, 0) is 10.0 Å². The highest BCUT2D eigenvalue weighted by molar-refractivity contribution is 7.90. The summed E-state index contributed by atoms with van der Waals surface area (Å²) in [6.45, 7) is 8.70. The molecule has 1 aliphatic heterocycles. The number of nitrogens with two attached hydrogens (primary N) is 1. The van der Waals surface area contributed by atoms with Crippen molar-refractivity contribution in [3.05, 3.63) is 65.5 Å². The van der Waals surface area contributed by atoms with Gasteiger partial charge in [-0.25, -0.2) is 19.1 Å². The first kappa shape index (κ1) is 24.6. The number of rotatable bonds is 5. The molecule has 3 heterocycles. The normalized spacial score (nSPS) is 17.4. The van der Waals surface area contributed by atoms with Gasteiger partial charge in [0, 0.05) is 17.6 Å². The van der Waals surface area contributed by atoms with Crippen molar-refractivity contribution in [1.82, 2.24) is 14.7 Å². The lowest BCUT2D eigenvalue weighted by molar-refractivity contribution is 0.0981. The van der Waals surface area contributed by atoms with Crippen molar-refractivity contribution >= 4 is 27.6 Å². The van der Waals surface area contributed by atoms with Gasteiger partial charge in [0.2, 0.25) is 0 Å². The highest BCUT2D eigenvalue weighted by Gasteiger charge is 2.41. The summed E-state index contributed by atoms with van der Waals surface area (Å²) in [5, 5.41) is -0.353. The number of carbonyl (C=O) groups excluding carboxylic acids is 1. The van der Waals surface area contributed by atoms with E-state index in [1.165, 1.54) is 30.3 Å². The molecule has 1 fully saturated rings. The Bertz CT molecular complexity index is 1410. The second kappa shape index (κ2) is 8.92. The Morgan fingerprint density at radius 3 is 2.54 bits per heavy atom. The fourth-order valence-corrected chi connectivity index (χ4v) is 5.26. The van der Waals surface area contributed by atoms with Gasteiger partial charge in [-0.05, 0) is 81.1 Å². The van der Waals surface area contributed by atoms with E-state index in [1.807, 2.05) is 4.90 Å². The maximum Gasteiger partial charge on any atom is 0.281 e. The molecule has 1 aromatic carbocycles. The average molecular weight is 498 g/mol. The van der Waals surface area contributed by atoms with Gasteiger partial charge in [0.1, 0.15) is 17.5 Å². The number of anilines is 2.